The van der Waals surface area contributed by atoms with Gasteiger partial charge in [-0.25, -0.2) is 9.29 Å². The first-order valence-electron chi connectivity index (χ1n) is 14.2. The van der Waals surface area contributed by atoms with E-state index >= 15 is 8.78 Å². The number of ether oxygens (including phenoxy) is 2. The number of benzene rings is 2. The van der Waals surface area contributed by atoms with Gasteiger partial charge in [-0.2, -0.15) is 4.39 Å². The molecule has 1 amide bonds. The number of esters is 1. The average molecular weight is 602 g/mol. The average Bonchev–Trinajstić information content (AvgIpc) is 3.65. The smallest absolute Gasteiger partial charge is 0.330 e. The summed E-state index contributed by atoms with van der Waals surface area (Å²) >= 11 is 6.42. The van der Waals surface area contributed by atoms with Gasteiger partial charge in [0.05, 0.1) is 35.4 Å². The van der Waals surface area contributed by atoms with Crippen molar-refractivity contribution in [3.05, 3.63) is 64.6 Å². The number of likely N-dealkylation sites (tertiary alicyclic amines) is 1. The van der Waals surface area contributed by atoms with Gasteiger partial charge < -0.3 is 19.4 Å². The van der Waals surface area contributed by atoms with E-state index in [1.54, 1.807) is 6.20 Å². The number of methoxy groups -OCH3 is 1. The lowest BCUT2D eigenvalue weighted by atomic mass is 9.87. The number of amides is 1. The number of hydrogen-bond donors (Lipinski definition) is 1. The maximum atomic E-state index is 16.5. The van der Waals surface area contributed by atoms with E-state index in [4.69, 9.17) is 21.1 Å². The molecule has 3 aromatic rings. The number of hydrogen-bond acceptors (Lipinski definition) is 6. The molecule has 1 aromatic heterocycles. The third kappa shape index (κ3) is 6.07. The Balaban J connectivity index is 1.31. The lowest BCUT2D eigenvalue weighted by molar-refractivity contribution is -0.252. The summed E-state index contributed by atoms with van der Waals surface area (Å²) in [4.78, 5) is 39.7. The SMILES string of the molecule is COC(=O)C1CCC(OC(F)(C(=O)Cc2cc(Cl)c(NC(=O)c3cn(C)c4ccccc34)cc2F)N2CCCC2)CC1. The van der Waals surface area contributed by atoms with Crippen molar-refractivity contribution in [2.45, 2.75) is 57.0 Å². The van der Waals surface area contributed by atoms with Gasteiger partial charge >= 0.3 is 11.9 Å². The molecule has 0 radical (unpaired) electrons. The highest BCUT2D eigenvalue weighted by atomic mass is 35.5. The zero-order valence-corrected chi connectivity index (χ0v) is 24.4. The highest BCUT2D eigenvalue weighted by Gasteiger charge is 2.49. The molecule has 1 N–H and O–H groups in total. The molecule has 1 saturated carbocycles. The second-order valence-corrected chi connectivity index (χ2v) is 11.4. The molecule has 1 saturated heterocycles. The number of carbonyl (C=O) groups is 3. The Hall–Kier alpha value is -3.34. The van der Waals surface area contributed by atoms with E-state index in [1.165, 1.54) is 18.1 Å². The number of nitrogens with one attached hydrogen (secondary N) is 1. The zero-order chi connectivity index (χ0) is 30.0. The molecule has 5 rings (SSSR count). The lowest BCUT2D eigenvalue weighted by Gasteiger charge is -2.37. The van der Waals surface area contributed by atoms with Crippen LogP contribution < -0.4 is 5.32 Å². The molecular weight excluding hydrogens is 568 g/mol. The maximum Gasteiger partial charge on any atom is 0.330 e. The number of anilines is 1. The van der Waals surface area contributed by atoms with Crippen molar-refractivity contribution in [1.82, 2.24) is 9.47 Å². The van der Waals surface area contributed by atoms with Crippen molar-refractivity contribution in [1.29, 1.82) is 0 Å². The molecule has 8 nitrogen and oxygen atoms in total. The summed E-state index contributed by atoms with van der Waals surface area (Å²) in [5, 5.41) is 3.40. The Kier molecular flexibility index (Phi) is 8.96. The highest BCUT2D eigenvalue weighted by Crippen LogP contribution is 2.35. The molecule has 2 aliphatic rings. The van der Waals surface area contributed by atoms with Crippen molar-refractivity contribution in [2.24, 2.45) is 13.0 Å². The van der Waals surface area contributed by atoms with Crippen LogP contribution in [0.5, 0.6) is 0 Å². The maximum absolute atomic E-state index is 16.5. The van der Waals surface area contributed by atoms with Crippen LogP contribution in [-0.2, 0) is 32.5 Å². The molecule has 11 heteroatoms. The monoisotopic (exact) mass is 601 g/mol. The first-order valence-corrected chi connectivity index (χ1v) is 14.5. The van der Waals surface area contributed by atoms with Gasteiger partial charge in [0.25, 0.3) is 5.91 Å². The first-order chi connectivity index (χ1) is 20.1. The van der Waals surface area contributed by atoms with E-state index in [-0.39, 0.29) is 28.2 Å². The lowest BCUT2D eigenvalue weighted by Crippen LogP contribution is -2.54. The molecule has 0 bridgehead atoms. The molecule has 2 aromatic carbocycles. The van der Waals surface area contributed by atoms with E-state index in [0.29, 0.717) is 57.2 Å². The predicted octanol–water partition coefficient (Wildman–Crippen LogP) is 5.80. The predicted molar refractivity (Wildman–Crippen MR) is 154 cm³/mol. The van der Waals surface area contributed by atoms with Crippen molar-refractivity contribution in [3.8, 4) is 0 Å². The van der Waals surface area contributed by atoms with Crippen LogP contribution in [0.25, 0.3) is 10.9 Å². The molecule has 1 atom stereocenters. The van der Waals surface area contributed by atoms with Gasteiger partial charge in [0.2, 0.25) is 5.78 Å². The molecule has 42 heavy (non-hydrogen) atoms. The number of Topliss-reactive ketones (excluding diaryl/α,β-unsaturated/α-hetero) is 1. The number of aromatic nitrogens is 1. The quantitative estimate of drug-likeness (QED) is 0.246. The molecule has 0 spiro atoms. The van der Waals surface area contributed by atoms with Crippen molar-refractivity contribution in [2.75, 3.05) is 25.5 Å². The highest BCUT2D eigenvalue weighted by molar-refractivity contribution is 6.34. The van der Waals surface area contributed by atoms with Crippen LogP contribution in [0.4, 0.5) is 14.5 Å². The number of fused-ring (bicyclic) bond motifs is 1. The number of carbonyl (C=O) groups excluding carboxylic acids is 3. The van der Waals surface area contributed by atoms with Gasteiger partial charge in [0, 0.05) is 43.7 Å². The number of rotatable bonds is 9. The van der Waals surface area contributed by atoms with Gasteiger partial charge in [-0.05, 0) is 62.3 Å². The van der Waals surface area contributed by atoms with Gasteiger partial charge in [0.1, 0.15) is 5.82 Å². The Morgan fingerprint density at radius 1 is 1.10 bits per heavy atom. The molecule has 1 aliphatic carbocycles. The van der Waals surface area contributed by atoms with Crippen LogP contribution in [0.3, 0.4) is 0 Å². The van der Waals surface area contributed by atoms with Gasteiger partial charge in [-0.1, -0.05) is 29.8 Å². The molecular formula is C31H34ClF2N3O5. The van der Waals surface area contributed by atoms with Crippen molar-refractivity contribution in [3.63, 3.8) is 0 Å². The van der Waals surface area contributed by atoms with Crippen LogP contribution >= 0.6 is 11.6 Å². The largest absolute Gasteiger partial charge is 0.469 e. The van der Waals surface area contributed by atoms with Crippen LogP contribution in [0.1, 0.15) is 54.4 Å². The minimum Gasteiger partial charge on any atom is -0.469 e. The Morgan fingerprint density at radius 2 is 1.79 bits per heavy atom. The third-order valence-electron chi connectivity index (χ3n) is 8.27. The molecule has 2 heterocycles. The van der Waals surface area contributed by atoms with Gasteiger partial charge in [-0.3, -0.25) is 14.4 Å². The minimum absolute atomic E-state index is 0.0143. The summed E-state index contributed by atoms with van der Waals surface area (Å²) in [6, 6.07) is 9.67. The number of ketones is 1. The number of aryl methyl sites for hydroxylation is 1. The van der Waals surface area contributed by atoms with Crippen LogP contribution in [0.2, 0.25) is 5.02 Å². The number of halogens is 3. The first kappa shape index (κ1) is 30.1. The third-order valence-corrected chi connectivity index (χ3v) is 8.58. The Morgan fingerprint density at radius 3 is 2.48 bits per heavy atom. The fourth-order valence-corrected chi connectivity index (χ4v) is 6.17. The fourth-order valence-electron chi connectivity index (χ4n) is 5.94. The van der Waals surface area contributed by atoms with Crippen LogP contribution in [0, 0.1) is 11.7 Å². The van der Waals surface area contributed by atoms with E-state index in [1.807, 2.05) is 35.9 Å². The number of nitrogens with zero attached hydrogens (tertiary/aromatic N) is 2. The van der Waals surface area contributed by atoms with Crippen molar-refractivity contribution < 1.29 is 32.6 Å². The van der Waals surface area contributed by atoms with Crippen LogP contribution in [0.15, 0.2) is 42.6 Å². The summed E-state index contributed by atoms with van der Waals surface area (Å²) in [5.41, 5.74) is 1.19. The van der Waals surface area contributed by atoms with E-state index in [2.05, 4.69) is 5.32 Å². The molecule has 1 aliphatic heterocycles. The zero-order valence-electron chi connectivity index (χ0n) is 23.6. The summed E-state index contributed by atoms with van der Waals surface area (Å²) in [6.45, 7) is 0.671. The fraction of sp³-hybridized carbons (Fsp3) is 0.452. The molecule has 1 unspecified atom stereocenters. The summed E-state index contributed by atoms with van der Waals surface area (Å²) in [5.74, 6) is -5.52. The van der Waals surface area contributed by atoms with E-state index in [9.17, 15) is 14.4 Å². The standard InChI is InChI=1S/C31H34ClF2N3O5/c1-36-18-23(22-7-3-4-8-27(22)36)29(39)35-26-17-25(33)20(15-24(26)32)16-28(38)31(34,37-13-5-6-14-37)42-21-11-9-19(10-12-21)30(40)41-2/h3-4,7-8,15,17-19,21H,5-6,9-14,16H2,1-2H3,(H,35,39). The second-order valence-electron chi connectivity index (χ2n) is 11.0. The summed E-state index contributed by atoms with van der Waals surface area (Å²) < 4.78 is 44.3. The van der Waals surface area contributed by atoms with E-state index in [0.717, 1.165) is 17.0 Å². The van der Waals surface area contributed by atoms with Crippen LogP contribution in [-0.4, -0.2) is 59.4 Å². The second kappa shape index (κ2) is 12.5. The number of para-hydroxylation sites is 1. The van der Waals surface area contributed by atoms with Crippen molar-refractivity contribution >= 4 is 45.9 Å². The Labute approximate surface area is 247 Å². The molecule has 224 valence electrons. The van der Waals surface area contributed by atoms with Gasteiger partial charge in [-0.15, -0.1) is 0 Å². The topological polar surface area (TPSA) is 89.9 Å². The summed E-state index contributed by atoms with van der Waals surface area (Å²) in [6.07, 6.45) is 3.68. The number of alkyl halides is 1. The summed E-state index contributed by atoms with van der Waals surface area (Å²) in [7, 11) is 3.15. The molecule has 2 fully saturated rings. The normalized spacial score (nSPS) is 20.8. The van der Waals surface area contributed by atoms with Gasteiger partial charge in [0.15, 0.2) is 0 Å². The minimum atomic E-state index is -2.74. The Bertz CT molecular complexity index is 1500. The van der Waals surface area contributed by atoms with E-state index < -0.39 is 36.0 Å².